The summed E-state index contributed by atoms with van der Waals surface area (Å²) in [6, 6.07) is 7.06. The fourth-order valence-corrected chi connectivity index (χ4v) is 2.04. The van der Waals surface area contributed by atoms with E-state index in [9.17, 15) is 9.59 Å². The Morgan fingerprint density at radius 2 is 2.14 bits per heavy atom. The molecule has 2 amide bonds. The van der Waals surface area contributed by atoms with Crippen LogP contribution in [0.5, 0.6) is 5.75 Å². The monoisotopic (exact) mass is 313 g/mol. The number of carbonyl (C=O) groups excluding carboxylic acids is 2. The lowest BCUT2D eigenvalue weighted by molar-refractivity contribution is -0.128. The van der Waals surface area contributed by atoms with Crippen molar-refractivity contribution >= 4 is 29.9 Å². The predicted molar refractivity (Wildman–Crippen MR) is 82.8 cm³/mol. The number of ether oxygens (including phenoxy) is 1. The lowest BCUT2D eigenvalue weighted by atomic mass is 10.2. The van der Waals surface area contributed by atoms with E-state index in [-0.39, 0.29) is 36.8 Å². The molecule has 1 aromatic rings. The van der Waals surface area contributed by atoms with Crippen molar-refractivity contribution in [3.63, 3.8) is 0 Å². The first kappa shape index (κ1) is 17.3. The van der Waals surface area contributed by atoms with E-state index in [4.69, 9.17) is 10.5 Å². The van der Waals surface area contributed by atoms with Crippen LogP contribution in [-0.2, 0) is 9.59 Å². The largest absolute Gasteiger partial charge is 0.479 e. The van der Waals surface area contributed by atoms with Crippen LogP contribution in [-0.4, -0.2) is 37.0 Å². The first-order chi connectivity index (χ1) is 9.52. The number of nitrogens with one attached hydrogen (secondary N) is 1. The van der Waals surface area contributed by atoms with Crippen LogP contribution in [0.15, 0.2) is 24.3 Å². The van der Waals surface area contributed by atoms with Gasteiger partial charge in [-0.1, -0.05) is 12.1 Å². The van der Waals surface area contributed by atoms with Gasteiger partial charge in [-0.2, -0.15) is 0 Å². The van der Waals surface area contributed by atoms with E-state index >= 15 is 0 Å². The summed E-state index contributed by atoms with van der Waals surface area (Å²) in [5.41, 5.74) is 6.08. The number of nitrogens with zero attached hydrogens (tertiary/aromatic N) is 1. The highest BCUT2D eigenvalue weighted by Gasteiger charge is 2.32. The SMILES string of the molecule is CC1Oc2ccccc2N(CC(=O)N[C@@H](C)CN)C1=O.Cl. The number of carbonyl (C=O) groups is 2. The number of amides is 2. The van der Waals surface area contributed by atoms with Crippen molar-refractivity contribution < 1.29 is 14.3 Å². The second kappa shape index (κ2) is 7.28. The summed E-state index contributed by atoms with van der Waals surface area (Å²) in [4.78, 5) is 25.6. The molecule has 6 nitrogen and oxygen atoms in total. The third kappa shape index (κ3) is 3.86. The zero-order chi connectivity index (χ0) is 14.7. The molecule has 0 fully saturated rings. The van der Waals surface area contributed by atoms with E-state index < -0.39 is 6.10 Å². The number of benzene rings is 1. The highest BCUT2D eigenvalue weighted by molar-refractivity contribution is 6.03. The summed E-state index contributed by atoms with van der Waals surface area (Å²) >= 11 is 0. The fraction of sp³-hybridized carbons (Fsp3) is 0.429. The topological polar surface area (TPSA) is 84.7 Å². The highest BCUT2D eigenvalue weighted by Crippen LogP contribution is 2.33. The molecule has 3 N–H and O–H groups in total. The van der Waals surface area contributed by atoms with E-state index in [1.54, 1.807) is 25.1 Å². The standard InChI is InChI=1S/C14H19N3O3.ClH/c1-9(7-15)16-13(18)8-17-11-5-3-4-6-12(11)20-10(2)14(17)19;/h3-6,9-10H,7-8,15H2,1-2H3,(H,16,18);1H/t9-,10?;/m0./s1. The molecule has 0 saturated heterocycles. The molecular weight excluding hydrogens is 294 g/mol. The Bertz CT molecular complexity index is 524. The molecule has 0 saturated carbocycles. The molecule has 1 aromatic carbocycles. The molecule has 0 bridgehead atoms. The van der Waals surface area contributed by atoms with Gasteiger partial charge < -0.3 is 15.8 Å². The molecule has 116 valence electrons. The molecule has 0 aliphatic carbocycles. The smallest absolute Gasteiger partial charge is 0.268 e. The fourth-order valence-electron chi connectivity index (χ4n) is 2.04. The van der Waals surface area contributed by atoms with Crippen LogP contribution in [0.1, 0.15) is 13.8 Å². The van der Waals surface area contributed by atoms with Crippen LogP contribution in [0.3, 0.4) is 0 Å². The second-order valence-electron chi connectivity index (χ2n) is 4.86. The van der Waals surface area contributed by atoms with Crippen molar-refractivity contribution in [3.8, 4) is 5.75 Å². The van der Waals surface area contributed by atoms with Crippen molar-refractivity contribution in [1.82, 2.24) is 5.32 Å². The van der Waals surface area contributed by atoms with Crippen LogP contribution in [0.4, 0.5) is 5.69 Å². The average Bonchev–Trinajstić information content (AvgIpc) is 2.43. The van der Waals surface area contributed by atoms with Crippen molar-refractivity contribution in [2.75, 3.05) is 18.0 Å². The summed E-state index contributed by atoms with van der Waals surface area (Å²) in [5.74, 6) is 0.152. The first-order valence-corrected chi connectivity index (χ1v) is 6.59. The molecule has 2 atom stereocenters. The Balaban J connectivity index is 0.00000220. The van der Waals surface area contributed by atoms with Gasteiger partial charge in [0.05, 0.1) is 5.69 Å². The Labute approximate surface area is 130 Å². The van der Waals surface area contributed by atoms with E-state index in [1.165, 1.54) is 4.90 Å². The molecule has 0 spiro atoms. The zero-order valence-electron chi connectivity index (χ0n) is 12.0. The molecule has 1 aliphatic heterocycles. The Hall–Kier alpha value is -1.79. The third-order valence-electron chi connectivity index (χ3n) is 3.14. The lowest BCUT2D eigenvalue weighted by Gasteiger charge is -2.32. The minimum absolute atomic E-state index is 0. The van der Waals surface area contributed by atoms with Gasteiger partial charge in [0.15, 0.2) is 6.10 Å². The van der Waals surface area contributed by atoms with E-state index in [2.05, 4.69) is 5.32 Å². The molecule has 1 aliphatic rings. The average molecular weight is 314 g/mol. The van der Waals surface area contributed by atoms with Gasteiger partial charge in [0.25, 0.3) is 5.91 Å². The molecule has 2 rings (SSSR count). The molecule has 1 heterocycles. The number of nitrogens with two attached hydrogens (primary N) is 1. The van der Waals surface area contributed by atoms with Crippen LogP contribution >= 0.6 is 12.4 Å². The van der Waals surface area contributed by atoms with Gasteiger partial charge in [0, 0.05) is 12.6 Å². The molecule has 21 heavy (non-hydrogen) atoms. The van der Waals surface area contributed by atoms with Crippen molar-refractivity contribution in [3.05, 3.63) is 24.3 Å². The third-order valence-corrected chi connectivity index (χ3v) is 3.14. The number of halogens is 1. The van der Waals surface area contributed by atoms with Gasteiger partial charge in [0.2, 0.25) is 5.91 Å². The second-order valence-corrected chi connectivity index (χ2v) is 4.86. The molecular formula is C14H20ClN3O3. The summed E-state index contributed by atoms with van der Waals surface area (Å²) in [5, 5.41) is 2.74. The Morgan fingerprint density at radius 1 is 1.48 bits per heavy atom. The summed E-state index contributed by atoms with van der Waals surface area (Å²) in [7, 11) is 0. The Morgan fingerprint density at radius 3 is 2.81 bits per heavy atom. The van der Waals surface area contributed by atoms with Gasteiger partial charge in [-0.3, -0.25) is 14.5 Å². The van der Waals surface area contributed by atoms with Crippen molar-refractivity contribution in [2.24, 2.45) is 5.73 Å². The quantitative estimate of drug-likeness (QED) is 0.856. The predicted octanol–water partition coefficient (Wildman–Crippen LogP) is 0.686. The number of para-hydroxylation sites is 2. The lowest BCUT2D eigenvalue weighted by Crippen LogP contribution is -2.50. The normalized spacial score (nSPS) is 18.1. The Kier molecular flexibility index (Phi) is 5.99. The van der Waals surface area contributed by atoms with Gasteiger partial charge >= 0.3 is 0 Å². The van der Waals surface area contributed by atoms with Crippen LogP contribution < -0.4 is 20.7 Å². The van der Waals surface area contributed by atoms with Gasteiger partial charge in [-0.25, -0.2) is 0 Å². The van der Waals surface area contributed by atoms with E-state index in [1.807, 2.05) is 13.0 Å². The molecule has 0 aromatic heterocycles. The number of hydrogen-bond donors (Lipinski definition) is 2. The summed E-state index contributed by atoms with van der Waals surface area (Å²) < 4.78 is 5.52. The zero-order valence-corrected chi connectivity index (χ0v) is 12.9. The minimum atomic E-state index is -0.593. The molecule has 7 heteroatoms. The summed E-state index contributed by atoms with van der Waals surface area (Å²) in [6.07, 6.45) is -0.593. The van der Waals surface area contributed by atoms with Gasteiger partial charge in [0.1, 0.15) is 12.3 Å². The van der Waals surface area contributed by atoms with Crippen molar-refractivity contribution in [1.29, 1.82) is 0 Å². The van der Waals surface area contributed by atoms with Crippen LogP contribution in [0.2, 0.25) is 0 Å². The molecule has 0 radical (unpaired) electrons. The van der Waals surface area contributed by atoms with Crippen molar-refractivity contribution in [2.45, 2.75) is 26.0 Å². The number of hydrogen-bond acceptors (Lipinski definition) is 4. The van der Waals surface area contributed by atoms with E-state index in [0.29, 0.717) is 18.0 Å². The number of anilines is 1. The molecule has 1 unspecified atom stereocenters. The van der Waals surface area contributed by atoms with Gasteiger partial charge in [-0.05, 0) is 26.0 Å². The maximum Gasteiger partial charge on any atom is 0.268 e. The van der Waals surface area contributed by atoms with E-state index in [0.717, 1.165) is 0 Å². The number of rotatable bonds is 4. The minimum Gasteiger partial charge on any atom is -0.479 e. The van der Waals surface area contributed by atoms with Crippen LogP contribution in [0.25, 0.3) is 0 Å². The first-order valence-electron chi connectivity index (χ1n) is 6.59. The van der Waals surface area contributed by atoms with Gasteiger partial charge in [-0.15, -0.1) is 12.4 Å². The highest BCUT2D eigenvalue weighted by atomic mass is 35.5. The van der Waals surface area contributed by atoms with Crippen LogP contribution in [0, 0.1) is 0 Å². The number of fused-ring (bicyclic) bond motifs is 1. The summed E-state index contributed by atoms with van der Waals surface area (Å²) in [6.45, 7) is 3.81. The maximum absolute atomic E-state index is 12.2. The maximum atomic E-state index is 12.2.